The fourth-order valence-corrected chi connectivity index (χ4v) is 3.42. The van der Waals surface area contributed by atoms with Crippen LogP contribution in [0, 0.1) is 17.0 Å². The van der Waals surface area contributed by atoms with Gasteiger partial charge in [-0.2, -0.15) is 0 Å². The maximum Gasteiger partial charge on any atom is 0.313 e. The van der Waals surface area contributed by atoms with Crippen molar-refractivity contribution in [2.45, 2.75) is 12.2 Å². The van der Waals surface area contributed by atoms with Gasteiger partial charge in [-0.15, -0.1) is 11.8 Å². The minimum atomic E-state index is -1.04. The van der Waals surface area contributed by atoms with Gasteiger partial charge in [-0.05, 0) is 24.6 Å². The number of nitrogens with zero attached hydrogens (tertiary/aromatic N) is 3. The first-order chi connectivity index (χ1) is 10.9. The highest BCUT2D eigenvalue weighted by atomic mass is 35.5. The molecule has 2 aromatic rings. The summed E-state index contributed by atoms with van der Waals surface area (Å²) < 4.78 is 1.67. The first-order valence-electron chi connectivity index (χ1n) is 6.63. The highest BCUT2D eigenvalue weighted by molar-refractivity contribution is 8.00. The largest absolute Gasteiger partial charge is 0.481 e. The number of hydrogen-bond acceptors (Lipinski definition) is 5. The Bertz CT molecular complexity index is 735. The normalized spacial score (nSPS) is 12.1. The van der Waals surface area contributed by atoms with E-state index in [0.717, 1.165) is 23.0 Å². The Balaban J connectivity index is 2.43. The van der Waals surface area contributed by atoms with E-state index in [2.05, 4.69) is 4.98 Å². The molecule has 0 aliphatic rings. The summed E-state index contributed by atoms with van der Waals surface area (Å²) in [5.74, 6) is -1.30. The molecule has 9 heteroatoms. The zero-order valence-electron chi connectivity index (χ0n) is 12.2. The van der Waals surface area contributed by atoms with E-state index in [1.54, 1.807) is 4.57 Å². The van der Waals surface area contributed by atoms with Crippen molar-refractivity contribution in [3.8, 4) is 5.69 Å². The van der Waals surface area contributed by atoms with Crippen molar-refractivity contribution in [3.05, 3.63) is 57.1 Å². The van der Waals surface area contributed by atoms with E-state index in [4.69, 9.17) is 16.7 Å². The van der Waals surface area contributed by atoms with Gasteiger partial charge in [0, 0.05) is 10.6 Å². The van der Waals surface area contributed by atoms with Crippen LogP contribution in [0.1, 0.15) is 16.5 Å². The number of aliphatic carboxylic acids is 1. The maximum absolute atomic E-state index is 10.9. The van der Waals surface area contributed by atoms with Gasteiger partial charge in [-0.25, -0.2) is 4.98 Å². The van der Waals surface area contributed by atoms with Crippen molar-refractivity contribution in [2.24, 2.45) is 0 Å². The van der Waals surface area contributed by atoms with E-state index in [9.17, 15) is 14.9 Å². The summed E-state index contributed by atoms with van der Waals surface area (Å²) in [6, 6.07) is 7.51. The van der Waals surface area contributed by atoms with Crippen LogP contribution in [-0.4, -0.2) is 37.8 Å². The molecule has 0 saturated carbocycles. The topological polar surface area (TPSA) is 98.3 Å². The molecule has 2 rings (SSSR count). The zero-order chi connectivity index (χ0) is 17.0. The Labute approximate surface area is 141 Å². The summed E-state index contributed by atoms with van der Waals surface area (Å²) in [6.45, 7) is 1.49. The third-order valence-electron chi connectivity index (χ3n) is 3.07. The third kappa shape index (κ3) is 4.46. The standard InChI is InChI=1S/C14H14ClN3O4S/c1-9-3-2-4-10(5-9)17-8-16-14(15)13(17)11(6-18(21)22)23-7-12(19)20/h2-5,8,11H,6-7H2,1H3,(H,19,20). The second-order valence-electron chi connectivity index (χ2n) is 4.84. The Morgan fingerprint density at radius 3 is 2.91 bits per heavy atom. The average molecular weight is 356 g/mol. The molecule has 0 amide bonds. The fourth-order valence-electron chi connectivity index (χ4n) is 2.13. The van der Waals surface area contributed by atoms with Crippen molar-refractivity contribution in [2.75, 3.05) is 12.3 Å². The van der Waals surface area contributed by atoms with E-state index in [-0.39, 0.29) is 10.9 Å². The molecule has 1 atom stereocenters. The first-order valence-corrected chi connectivity index (χ1v) is 8.06. The number of benzene rings is 1. The number of rotatable bonds is 7. The smallest absolute Gasteiger partial charge is 0.313 e. The van der Waals surface area contributed by atoms with Crippen molar-refractivity contribution in [3.63, 3.8) is 0 Å². The number of halogens is 1. The number of aromatic nitrogens is 2. The fraction of sp³-hybridized carbons (Fsp3) is 0.286. The van der Waals surface area contributed by atoms with Gasteiger partial charge in [-0.3, -0.25) is 14.9 Å². The summed E-state index contributed by atoms with van der Waals surface area (Å²) in [5, 5.41) is 19.2. The van der Waals surface area contributed by atoms with Crippen LogP contribution in [0.3, 0.4) is 0 Å². The van der Waals surface area contributed by atoms with Crippen molar-refractivity contribution < 1.29 is 14.8 Å². The van der Waals surface area contributed by atoms with Crippen molar-refractivity contribution in [1.29, 1.82) is 0 Å². The van der Waals surface area contributed by atoms with E-state index in [0.29, 0.717) is 5.69 Å². The molecular weight excluding hydrogens is 342 g/mol. The average Bonchev–Trinajstić information content (AvgIpc) is 2.85. The van der Waals surface area contributed by atoms with Crippen molar-refractivity contribution in [1.82, 2.24) is 9.55 Å². The van der Waals surface area contributed by atoms with Gasteiger partial charge in [0.15, 0.2) is 5.15 Å². The number of nitro groups is 1. The maximum atomic E-state index is 10.9. The minimum absolute atomic E-state index is 0.135. The summed E-state index contributed by atoms with van der Waals surface area (Å²) in [5.41, 5.74) is 2.21. The quantitative estimate of drug-likeness (QED) is 0.605. The first kappa shape index (κ1) is 17.3. The number of carbonyl (C=O) groups is 1. The number of hydrogen-bond donors (Lipinski definition) is 1. The molecule has 1 heterocycles. The van der Waals surface area contributed by atoms with E-state index < -0.39 is 22.7 Å². The second kappa shape index (κ2) is 7.47. The van der Waals surface area contributed by atoms with Crippen LogP contribution < -0.4 is 0 Å². The molecule has 23 heavy (non-hydrogen) atoms. The number of carboxylic acids is 1. The molecule has 0 spiro atoms. The molecule has 0 saturated heterocycles. The Morgan fingerprint density at radius 2 is 2.30 bits per heavy atom. The summed E-state index contributed by atoms with van der Waals surface area (Å²) >= 11 is 7.07. The monoisotopic (exact) mass is 355 g/mol. The predicted octanol–water partition coefficient (Wildman–Crippen LogP) is 2.97. The van der Waals surface area contributed by atoms with Crippen LogP contribution in [0.4, 0.5) is 0 Å². The molecule has 122 valence electrons. The van der Waals surface area contributed by atoms with Gasteiger partial charge in [0.25, 0.3) is 0 Å². The third-order valence-corrected chi connectivity index (χ3v) is 4.54. The molecule has 0 radical (unpaired) electrons. The predicted molar refractivity (Wildman–Crippen MR) is 88.0 cm³/mol. The van der Waals surface area contributed by atoms with Crippen LogP contribution in [0.2, 0.25) is 5.15 Å². The van der Waals surface area contributed by atoms with Gasteiger partial charge < -0.3 is 9.67 Å². The molecule has 1 unspecified atom stereocenters. The Morgan fingerprint density at radius 1 is 1.57 bits per heavy atom. The lowest BCUT2D eigenvalue weighted by Crippen LogP contribution is -2.15. The molecule has 0 aliphatic heterocycles. The molecule has 0 fully saturated rings. The SMILES string of the molecule is Cc1cccc(-n2cnc(Cl)c2C(C[N+](=O)[O-])SCC(=O)O)c1. The second-order valence-corrected chi connectivity index (χ2v) is 6.39. The highest BCUT2D eigenvalue weighted by Gasteiger charge is 2.27. The van der Waals surface area contributed by atoms with Gasteiger partial charge in [0.2, 0.25) is 6.54 Å². The van der Waals surface area contributed by atoms with E-state index in [1.807, 2.05) is 31.2 Å². The zero-order valence-corrected chi connectivity index (χ0v) is 13.8. The Kier molecular flexibility index (Phi) is 5.62. The van der Waals surface area contributed by atoms with Crippen molar-refractivity contribution >= 4 is 29.3 Å². The number of thioether (sulfide) groups is 1. The number of carboxylic acid groups (broad SMARTS) is 1. The number of imidazole rings is 1. The van der Waals surface area contributed by atoms with Crippen LogP contribution in [-0.2, 0) is 4.79 Å². The molecular formula is C14H14ClN3O4S. The van der Waals surface area contributed by atoms with E-state index >= 15 is 0 Å². The lowest BCUT2D eigenvalue weighted by atomic mass is 10.2. The lowest BCUT2D eigenvalue weighted by Gasteiger charge is -2.15. The van der Waals surface area contributed by atoms with Gasteiger partial charge in [0.05, 0.1) is 11.4 Å². The molecule has 7 nitrogen and oxygen atoms in total. The Hall–Kier alpha value is -2.06. The molecule has 1 aromatic heterocycles. The highest BCUT2D eigenvalue weighted by Crippen LogP contribution is 2.35. The van der Waals surface area contributed by atoms with Crippen LogP contribution >= 0.6 is 23.4 Å². The van der Waals surface area contributed by atoms with Gasteiger partial charge >= 0.3 is 5.97 Å². The van der Waals surface area contributed by atoms with Crippen LogP contribution in [0.25, 0.3) is 5.69 Å². The van der Waals surface area contributed by atoms with Crippen LogP contribution in [0.15, 0.2) is 30.6 Å². The van der Waals surface area contributed by atoms with Crippen LogP contribution in [0.5, 0.6) is 0 Å². The van der Waals surface area contributed by atoms with Gasteiger partial charge in [-0.1, -0.05) is 23.7 Å². The summed E-state index contributed by atoms with van der Waals surface area (Å²) in [7, 11) is 0. The lowest BCUT2D eigenvalue weighted by molar-refractivity contribution is -0.479. The van der Waals surface area contributed by atoms with Gasteiger partial charge in [0.1, 0.15) is 11.6 Å². The molecule has 1 N–H and O–H groups in total. The minimum Gasteiger partial charge on any atom is -0.481 e. The summed E-state index contributed by atoms with van der Waals surface area (Å²) in [4.78, 5) is 25.3. The molecule has 1 aromatic carbocycles. The summed E-state index contributed by atoms with van der Waals surface area (Å²) in [6.07, 6.45) is 1.49. The van der Waals surface area contributed by atoms with E-state index in [1.165, 1.54) is 6.33 Å². The molecule has 0 bridgehead atoms. The molecule has 0 aliphatic carbocycles. The number of aryl methyl sites for hydroxylation is 1.